The zero-order valence-corrected chi connectivity index (χ0v) is 18.8. The van der Waals surface area contributed by atoms with Crippen LogP contribution in [-0.2, 0) is 6.54 Å². The van der Waals surface area contributed by atoms with Crippen LogP contribution in [0.1, 0.15) is 27.3 Å². The van der Waals surface area contributed by atoms with Gasteiger partial charge in [-0.05, 0) is 55.0 Å². The van der Waals surface area contributed by atoms with Crippen molar-refractivity contribution < 1.29 is 13.9 Å². The predicted molar refractivity (Wildman–Crippen MR) is 127 cm³/mol. The third-order valence-corrected chi connectivity index (χ3v) is 5.88. The Labute approximate surface area is 195 Å². The van der Waals surface area contributed by atoms with Crippen LogP contribution in [0.15, 0.2) is 77.5 Å². The number of methoxy groups -OCH3 is 1. The van der Waals surface area contributed by atoms with Crippen molar-refractivity contribution in [1.29, 1.82) is 0 Å². The van der Waals surface area contributed by atoms with E-state index in [0.29, 0.717) is 34.5 Å². The van der Waals surface area contributed by atoms with Gasteiger partial charge in [0.25, 0.3) is 0 Å². The van der Waals surface area contributed by atoms with Crippen LogP contribution >= 0.6 is 11.6 Å². The lowest BCUT2D eigenvalue weighted by molar-refractivity contribution is 0.103. The topological polar surface area (TPSA) is 70.2 Å². The molecule has 0 spiro atoms. The van der Waals surface area contributed by atoms with E-state index in [1.165, 1.54) is 6.26 Å². The number of hydrogen-bond acceptors (Lipinski definition) is 5. The molecule has 0 N–H and O–H groups in total. The Morgan fingerprint density at radius 2 is 1.94 bits per heavy atom. The Bertz CT molecular complexity index is 1450. The van der Waals surface area contributed by atoms with E-state index in [1.807, 2.05) is 61.5 Å². The Morgan fingerprint density at radius 3 is 2.67 bits per heavy atom. The molecule has 33 heavy (non-hydrogen) atoms. The minimum Gasteiger partial charge on any atom is -0.497 e. The van der Waals surface area contributed by atoms with Gasteiger partial charge in [0, 0.05) is 34.4 Å². The normalized spacial score (nSPS) is 11.1. The predicted octanol–water partition coefficient (Wildman–Crippen LogP) is 5.94. The molecule has 164 valence electrons. The first-order chi connectivity index (χ1) is 16.0. The summed E-state index contributed by atoms with van der Waals surface area (Å²) in [6.45, 7) is 2.53. The molecule has 0 saturated heterocycles. The number of ketones is 1. The average molecular weight is 458 g/mol. The number of pyridine rings is 1. The third kappa shape index (κ3) is 3.90. The number of halogens is 1. The third-order valence-electron chi connectivity index (χ3n) is 5.63. The Balaban J connectivity index is 1.61. The largest absolute Gasteiger partial charge is 0.497 e. The van der Waals surface area contributed by atoms with Crippen LogP contribution in [0, 0.1) is 6.92 Å². The first-order valence-electron chi connectivity index (χ1n) is 10.4. The molecule has 7 heteroatoms. The van der Waals surface area contributed by atoms with E-state index in [-0.39, 0.29) is 11.5 Å². The Hall–Kier alpha value is -3.90. The van der Waals surface area contributed by atoms with E-state index >= 15 is 0 Å². The fourth-order valence-corrected chi connectivity index (χ4v) is 4.09. The van der Waals surface area contributed by atoms with Gasteiger partial charge in [0.1, 0.15) is 17.7 Å². The van der Waals surface area contributed by atoms with Gasteiger partial charge in [-0.15, -0.1) is 0 Å². The highest BCUT2D eigenvalue weighted by Gasteiger charge is 2.24. The zero-order chi connectivity index (χ0) is 22.9. The minimum absolute atomic E-state index is 0.216. The van der Waals surface area contributed by atoms with Crippen molar-refractivity contribution in [3.8, 4) is 17.3 Å². The standard InChI is InChI=1S/C26H20ClN3O3/c1-16-24(25(31)22-15-33-26(29-22)21-5-3-4-12-28-21)20-13-19(32-2)10-11-23(20)30(16)14-17-6-8-18(27)9-7-17/h3-13,15H,14H2,1-2H3. The molecule has 0 saturated carbocycles. The number of rotatable bonds is 6. The first kappa shape index (κ1) is 21.0. The van der Waals surface area contributed by atoms with Gasteiger partial charge < -0.3 is 13.7 Å². The Morgan fingerprint density at radius 1 is 1.12 bits per heavy atom. The van der Waals surface area contributed by atoms with Crippen LogP contribution in [0.4, 0.5) is 0 Å². The number of nitrogens with zero attached hydrogens (tertiary/aromatic N) is 3. The van der Waals surface area contributed by atoms with E-state index in [9.17, 15) is 4.79 Å². The monoisotopic (exact) mass is 457 g/mol. The second-order valence-corrected chi connectivity index (χ2v) is 8.07. The van der Waals surface area contributed by atoms with Crippen molar-refractivity contribution in [2.45, 2.75) is 13.5 Å². The number of ether oxygens (including phenoxy) is 1. The second kappa shape index (κ2) is 8.56. The molecule has 3 aromatic heterocycles. The van der Waals surface area contributed by atoms with Gasteiger partial charge in [0.2, 0.25) is 11.7 Å². The Kier molecular flexibility index (Phi) is 5.44. The van der Waals surface area contributed by atoms with E-state index in [2.05, 4.69) is 14.5 Å². The number of benzene rings is 2. The summed E-state index contributed by atoms with van der Waals surface area (Å²) in [5.74, 6) is 0.764. The molecule has 0 radical (unpaired) electrons. The molecule has 3 heterocycles. The highest BCUT2D eigenvalue weighted by atomic mass is 35.5. The zero-order valence-electron chi connectivity index (χ0n) is 18.1. The van der Waals surface area contributed by atoms with Crippen LogP contribution in [0.25, 0.3) is 22.5 Å². The summed E-state index contributed by atoms with van der Waals surface area (Å²) < 4.78 is 13.1. The summed E-state index contributed by atoms with van der Waals surface area (Å²) in [5, 5.41) is 1.48. The lowest BCUT2D eigenvalue weighted by Gasteiger charge is -2.09. The van der Waals surface area contributed by atoms with Crippen LogP contribution in [0.3, 0.4) is 0 Å². The fraction of sp³-hybridized carbons (Fsp3) is 0.115. The molecule has 5 rings (SSSR count). The van der Waals surface area contributed by atoms with Gasteiger partial charge in [-0.2, -0.15) is 0 Å². The van der Waals surface area contributed by atoms with Crippen molar-refractivity contribution in [1.82, 2.24) is 14.5 Å². The second-order valence-electron chi connectivity index (χ2n) is 7.64. The van der Waals surface area contributed by atoms with Crippen LogP contribution in [0.5, 0.6) is 5.75 Å². The molecule has 2 aromatic carbocycles. The van der Waals surface area contributed by atoms with E-state index in [4.69, 9.17) is 20.8 Å². The number of oxazole rings is 1. The SMILES string of the molecule is COc1ccc2c(c1)c(C(=O)c1coc(-c3ccccn3)n1)c(C)n2Cc1ccc(Cl)cc1. The average Bonchev–Trinajstić information content (AvgIpc) is 3.44. The maximum absolute atomic E-state index is 13.6. The van der Waals surface area contributed by atoms with Crippen molar-refractivity contribution in [3.05, 3.63) is 101 Å². The molecule has 0 aliphatic heterocycles. The van der Waals surface area contributed by atoms with Gasteiger partial charge in [0.05, 0.1) is 12.7 Å². The lowest BCUT2D eigenvalue weighted by Crippen LogP contribution is -2.06. The molecule has 0 amide bonds. The number of hydrogen-bond donors (Lipinski definition) is 0. The van der Waals surface area contributed by atoms with E-state index in [0.717, 1.165) is 22.2 Å². The van der Waals surface area contributed by atoms with Crippen molar-refractivity contribution >= 4 is 28.3 Å². The van der Waals surface area contributed by atoms with E-state index in [1.54, 1.807) is 19.4 Å². The van der Waals surface area contributed by atoms with Crippen LogP contribution in [-0.4, -0.2) is 27.4 Å². The lowest BCUT2D eigenvalue weighted by atomic mass is 10.0. The fourth-order valence-electron chi connectivity index (χ4n) is 3.96. The van der Waals surface area contributed by atoms with Gasteiger partial charge >= 0.3 is 0 Å². The molecule has 0 unspecified atom stereocenters. The molecule has 0 bridgehead atoms. The summed E-state index contributed by atoms with van der Waals surface area (Å²) in [6.07, 6.45) is 3.04. The van der Waals surface area contributed by atoms with Crippen molar-refractivity contribution in [2.24, 2.45) is 0 Å². The first-order valence-corrected chi connectivity index (χ1v) is 10.8. The summed E-state index contributed by atoms with van der Waals surface area (Å²) in [4.78, 5) is 22.3. The van der Waals surface area contributed by atoms with Crippen LogP contribution < -0.4 is 4.74 Å². The highest BCUT2D eigenvalue weighted by Crippen LogP contribution is 2.32. The molecular weight excluding hydrogens is 438 g/mol. The molecule has 0 fully saturated rings. The quantitative estimate of drug-likeness (QED) is 0.295. The van der Waals surface area contributed by atoms with Gasteiger partial charge in [-0.25, -0.2) is 4.98 Å². The summed E-state index contributed by atoms with van der Waals surface area (Å²) >= 11 is 6.05. The molecule has 6 nitrogen and oxygen atoms in total. The summed E-state index contributed by atoms with van der Waals surface area (Å²) in [5.41, 5.74) is 4.21. The van der Waals surface area contributed by atoms with Gasteiger partial charge in [-0.3, -0.25) is 9.78 Å². The van der Waals surface area contributed by atoms with Crippen LogP contribution in [0.2, 0.25) is 5.02 Å². The molecule has 0 aliphatic rings. The molecular formula is C26H20ClN3O3. The number of carbonyl (C=O) groups is 1. The van der Waals surface area contributed by atoms with Crippen molar-refractivity contribution in [2.75, 3.05) is 7.11 Å². The summed E-state index contributed by atoms with van der Waals surface area (Å²) in [6, 6.07) is 18.9. The van der Waals surface area contributed by atoms with Gasteiger partial charge in [0.15, 0.2) is 5.69 Å². The number of fused-ring (bicyclic) bond motifs is 1. The molecule has 5 aromatic rings. The summed E-state index contributed by atoms with van der Waals surface area (Å²) in [7, 11) is 1.61. The molecule has 0 atom stereocenters. The van der Waals surface area contributed by atoms with Gasteiger partial charge in [-0.1, -0.05) is 29.8 Å². The highest BCUT2D eigenvalue weighted by molar-refractivity contribution is 6.30. The number of carbonyl (C=O) groups excluding carboxylic acids is 1. The van der Waals surface area contributed by atoms with E-state index < -0.39 is 0 Å². The molecule has 0 aliphatic carbocycles. The minimum atomic E-state index is -0.216. The van der Waals surface area contributed by atoms with Crippen molar-refractivity contribution in [3.63, 3.8) is 0 Å². The maximum Gasteiger partial charge on any atom is 0.245 e. The smallest absolute Gasteiger partial charge is 0.245 e. The number of aromatic nitrogens is 3. The maximum atomic E-state index is 13.6.